The van der Waals surface area contributed by atoms with Gasteiger partial charge in [0.15, 0.2) is 16.3 Å². The molecular weight excluding hydrogens is 516 g/mol. The van der Waals surface area contributed by atoms with E-state index in [4.69, 9.17) is 25.8 Å². The second-order valence-electron chi connectivity index (χ2n) is 8.59. The first kappa shape index (κ1) is 26.4. The number of allylic oxidation sites excluding steroid dienone is 1. The minimum absolute atomic E-state index is 0.278. The van der Waals surface area contributed by atoms with E-state index in [1.54, 1.807) is 69.3 Å². The Morgan fingerprint density at radius 3 is 2.46 bits per heavy atom. The fraction of sp³-hybridized carbons (Fsp3) is 0.259. The lowest BCUT2D eigenvalue weighted by molar-refractivity contribution is -0.143. The summed E-state index contributed by atoms with van der Waals surface area (Å²) in [6.45, 7) is 6.57. The molecule has 1 atom stereocenters. The lowest BCUT2D eigenvalue weighted by atomic mass is 9.96. The Kier molecular flexibility index (Phi) is 7.65. The van der Waals surface area contributed by atoms with E-state index in [1.807, 2.05) is 0 Å². The fourth-order valence-electron chi connectivity index (χ4n) is 3.99. The standard InChI is InChI=1S/C27H25ClN2O6S/c1-14(2)35-26(33)23-15(3)29-27-30(24(23)18-7-9-19(28)10-8-18)25(32)22(37-27)13-17-6-11-20(36-16(4)31)21(12-17)34-5/h6-14,24H,1-5H3/t24-/m1/s1. The zero-order valence-electron chi connectivity index (χ0n) is 20.9. The molecule has 0 saturated heterocycles. The molecule has 1 aromatic heterocycles. The highest BCUT2D eigenvalue weighted by atomic mass is 35.5. The highest BCUT2D eigenvalue weighted by molar-refractivity contribution is 7.07. The number of aromatic nitrogens is 1. The van der Waals surface area contributed by atoms with E-state index in [-0.39, 0.29) is 17.4 Å². The van der Waals surface area contributed by atoms with Crippen molar-refractivity contribution in [1.29, 1.82) is 0 Å². The summed E-state index contributed by atoms with van der Waals surface area (Å²) >= 11 is 7.31. The number of carbonyl (C=O) groups is 2. The van der Waals surface area contributed by atoms with Crippen LogP contribution < -0.4 is 24.4 Å². The van der Waals surface area contributed by atoms with Crippen molar-refractivity contribution in [2.45, 2.75) is 39.8 Å². The number of thiazole rings is 1. The highest BCUT2D eigenvalue weighted by Crippen LogP contribution is 2.32. The molecule has 1 aliphatic rings. The molecule has 0 aliphatic carbocycles. The fourth-order valence-corrected chi connectivity index (χ4v) is 5.16. The van der Waals surface area contributed by atoms with E-state index >= 15 is 0 Å². The van der Waals surface area contributed by atoms with Crippen molar-refractivity contribution >= 4 is 41.0 Å². The van der Waals surface area contributed by atoms with Gasteiger partial charge in [0.05, 0.1) is 35.1 Å². The molecule has 192 valence electrons. The number of esters is 2. The predicted octanol–water partition coefficient (Wildman–Crippen LogP) is 3.77. The van der Waals surface area contributed by atoms with Gasteiger partial charge in [-0.05, 0) is 62.2 Å². The second kappa shape index (κ2) is 10.7. The van der Waals surface area contributed by atoms with Crippen LogP contribution >= 0.6 is 22.9 Å². The Bertz CT molecular complexity index is 1580. The van der Waals surface area contributed by atoms with Gasteiger partial charge in [0.25, 0.3) is 5.56 Å². The number of halogens is 1. The van der Waals surface area contributed by atoms with Gasteiger partial charge < -0.3 is 14.2 Å². The van der Waals surface area contributed by atoms with Crippen molar-refractivity contribution in [1.82, 2.24) is 4.57 Å². The Morgan fingerprint density at radius 1 is 1.14 bits per heavy atom. The molecule has 0 spiro atoms. The average molecular weight is 541 g/mol. The molecule has 0 saturated carbocycles. The Labute approximate surface area is 222 Å². The predicted molar refractivity (Wildman–Crippen MR) is 141 cm³/mol. The molecule has 8 nitrogen and oxygen atoms in total. The van der Waals surface area contributed by atoms with Gasteiger partial charge >= 0.3 is 11.9 Å². The molecule has 2 heterocycles. The summed E-state index contributed by atoms with van der Waals surface area (Å²) in [5.41, 5.74) is 1.83. The van der Waals surface area contributed by atoms with Gasteiger partial charge in [-0.3, -0.25) is 14.2 Å². The first-order valence-corrected chi connectivity index (χ1v) is 12.6. The number of methoxy groups -OCH3 is 1. The maximum absolute atomic E-state index is 13.7. The molecule has 0 amide bonds. The normalized spacial score (nSPS) is 15.3. The molecule has 2 aromatic carbocycles. The number of ether oxygens (including phenoxy) is 3. The molecule has 10 heteroatoms. The summed E-state index contributed by atoms with van der Waals surface area (Å²) in [6.07, 6.45) is 1.36. The van der Waals surface area contributed by atoms with Gasteiger partial charge in [0, 0.05) is 11.9 Å². The maximum atomic E-state index is 13.7. The number of hydrogen-bond acceptors (Lipinski definition) is 8. The van der Waals surface area contributed by atoms with E-state index < -0.39 is 18.0 Å². The molecule has 0 N–H and O–H groups in total. The Morgan fingerprint density at radius 2 is 1.84 bits per heavy atom. The summed E-state index contributed by atoms with van der Waals surface area (Å²) in [7, 11) is 1.46. The van der Waals surface area contributed by atoms with Gasteiger partial charge in [-0.1, -0.05) is 41.1 Å². The zero-order chi connectivity index (χ0) is 26.9. The van der Waals surface area contributed by atoms with Crippen molar-refractivity contribution in [3.8, 4) is 11.5 Å². The highest BCUT2D eigenvalue weighted by Gasteiger charge is 2.33. The van der Waals surface area contributed by atoms with Crippen LogP contribution in [0.2, 0.25) is 5.02 Å². The van der Waals surface area contributed by atoms with Crippen LogP contribution in [0.25, 0.3) is 6.08 Å². The number of rotatable bonds is 6. The van der Waals surface area contributed by atoms with Crippen LogP contribution in [0.1, 0.15) is 44.9 Å². The number of carbonyl (C=O) groups excluding carboxylic acids is 2. The summed E-state index contributed by atoms with van der Waals surface area (Å²) in [6, 6.07) is 11.2. The molecule has 1 aliphatic heterocycles. The number of hydrogen-bond donors (Lipinski definition) is 0. The minimum Gasteiger partial charge on any atom is -0.493 e. The maximum Gasteiger partial charge on any atom is 0.338 e. The lowest BCUT2D eigenvalue weighted by Gasteiger charge is -2.25. The van der Waals surface area contributed by atoms with Crippen LogP contribution in [0.5, 0.6) is 11.5 Å². The van der Waals surface area contributed by atoms with E-state index in [2.05, 4.69) is 4.99 Å². The number of fused-ring (bicyclic) bond motifs is 1. The van der Waals surface area contributed by atoms with Crippen molar-refractivity contribution in [2.75, 3.05) is 7.11 Å². The number of nitrogens with zero attached hydrogens (tertiary/aromatic N) is 2. The summed E-state index contributed by atoms with van der Waals surface area (Å²) in [5.74, 6) is -0.370. The third kappa shape index (κ3) is 5.52. The van der Waals surface area contributed by atoms with E-state index in [0.717, 1.165) is 0 Å². The van der Waals surface area contributed by atoms with E-state index in [9.17, 15) is 14.4 Å². The van der Waals surface area contributed by atoms with Crippen molar-refractivity contribution in [2.24, 2.45) is 4.99 Å². The van der Waals surface area contributed by atoms with Crippen molar-refractivity contribution < 1.29 is 23.8 Å². The molecule has 0 bridgehead atoms. The minimum atomic E-state index is -0.734. The van der Waals surface area contributed by atoms with E-state index in [0.29, 0.717) is 42.5 Å². The van der Waals surface area contributed by atoms with Crippen LogP contribution in [0.3, 0.4) is 0 Å². The van der Waals surface area contributed by atoms with Crippen LogP contribution in [0.4, 0.5) is 0 Å². The van der Waals surface area contributed by atoms with Gasteiger partial charge in [0.2, 0.25) is 0 Å². The van der Waals surface area contributed by atoms with Crippen molar-refractivity contribution in [3.63, 3.8) is 0 Å². The van der Waals surface area contributed by atoms with Crippen LogP contribution in [-0.4, -0.2) is 29.7 Å². The van der Waals surface area contributed by atoms with Gasteiger partial charge in [-0.2, -0.15) is 0 Å². The number of benzene rings is 2. The molecule has 0 radical (unpaired) electrons. The van der Waals surface area contributed by atoms with E-state index in [1.165, 1.54) is 29.9 Å². The summed E-state index contributed by atoms with van der Waals surface area (Å²) < 4.78 is 17.9. The SMILES string of the molecule is COc1cc(C=c2sc3n(c2=O)[C@H](c2ccc(Cl)cc2)C(C(=O)OC(C)C)=C(C)N=3)ccc1OC(C)=O. The third-order valence-corrected chi connectivity index (χ3v) is 6.74. The molecule has 3 aromatic rings. The third-order valence-electron chi connectivity index (χ3n) is 5.51. The molecule has 4 rings (SSSR count). The van der Waals surface area contributed by atoms with Gasteiger partial charge in [-0.25, -0.2) is 9.79 Å². The summed E-state index contributed by atoms with van der Waals surface area (Å²) in [4.78, 5) is 43.2. The van der Waals surface area contributed by atoms with Gasteiger partial charge in [-0.15, -0.1) is 0 Å². The zero-order valence-corrected chi connectivity index (χ0v) is 22.5. The first-order valence-electron chi connectivity index (χ1n) is 11.4. The quantitative estimate of drug-likeness (QED) is 0.349. The van der Waals surface area contributed by atoms with Crippen LogP contribution in [0.15, 0.2) is 63.5 Å². The molecule has 37 heavy (non-hydrogen) atoms. The lowest BCUT2D eigenvalue weighted by Crippen LogP contribution is -2.40. The molecular formula is C27H25ClN2O6S. The first-order chi connectivity index (χ1) is 17.6. The topological polar surface area (TPSA) is 96.2 Å². The smallest absolute Gasteiger partial charge is 0.338 e. The van der Waals surface area contributed by atoms with Crippen molar-refractivity contribution in [3.05, 3.63) is 89.6 Å². The Balaban J connectivity index is 1.88. The average Bonchev–Trinajstić information content (AvgIpc) is 3.13. The Hall–Kier alpha value is -3.69. The molecule has 0 unspecified atom stereocenters. The van der Waals surface area contributed by atoms with Crippen LogP contribution in [0, 0.1) is 0 Å². The largest absolute Gasteiger partial charge is 0.493 e. The van der Waals surface area contributed by atoms with Crippen LogP contribution in [-0.2, 0) is 14.3 Å². The summed E-state index contributed by atoms with van der Waals surface area (Å²) in [5, 5.41) is 0.536. The second-order valence-corrected chi connectivity index (χ2v) is 10.0. The molecule has 0 fully saturated rings. The van der Waals surface area contributed by atoms with Gasteiger partial charge in [0.1, 0.15) is 0 Å². The monoisotopic (exact) mass is 540 g/mol.